The first-order valence-corrected chi connectivity index (χ1v) is 9.69. The van der Waals surface area contributed by atoms with Crippen LogP contribution in [0.15, 0.2) is 23.7 Å². The molecule has 0 amide bonds. The largest absolute Gasteiger partial charge is 0.416 e. The van der Waals surface area contributed by atoms with Crippen LogP contribution < -0.4 is 5.32 Å². The van der Waals surface area contributed by atoms with Crippen molar-refractivity contribution >= 4 is 23.7 Å². The second-order valence-corrected chi connectivity index (χ2v) is 7.97. The second kappa shape index (κ2) is 9.37. The first-order chi connectivity index (χ1) is 12.3. The third-order valence-electron chi connectivity index (χ3n) is 4.95. The Morgan fingerprint density at radius 1 is 1.26 bits per heavy atom. The number of nitrogens with one attached hydrogen (secondary N) is 1. The molecule has 1 aliphatic rings. The minimum absolute atomic E-state index is 0. The summed E-state index contributed by atoms with van der Waals surface area (Å²) in [4.78, 5) is 7.88. The summed E-state index contributed by atoms with van der Waals surface area (Å²) >= 11 is 1.64. The summed E-state index contributed by atoms with van der Waals surface area (Å²) < 4.78 is 38.7. The minimum atomic E-state index is -4.29. The van der Waals surface area contributed by atoms with E-state index in [9.17, 15) is 13.2 Å². The topological polar surface area (TPSA) is 28.2 Å². The van der Waals surface area contributed by atoms with Gasteiger partial charge in [0, 0.05) is 24.5 Å². The summed E-state index contributed by atoms with van der Waals surface area (Å²) in [5, 5.41) is 3.39. The van der Waals surface area contributed by atoms with Gasteiger partial charge in [-0.2, -0.15) is 13.2 Å². The second-order valence-electron chi connectivity index (χ2n) is 7.03. The van der Waals surface area contributed by atoms with Crippen LogP contribution in [0.3, 0.4) is 0 Å². The lowest BCUT2D eigenvalue weighted by atomic mass is 10.0. The van der Waals surface area contributed by atoms with E-state index in [0.29, 0.717) is 18.0 Å². The molecule has 1 aromatic carbocycles. The maximum Gasteiger partial charge on any atom is 0.416 e. The molecule has 0 radical (unpaired) electrons. The number of thiazole rings is 1. The third kappa shape index (κ3) is 5.91. The molecule has 8 heteroatoms. The van der Waals surface area contributed by atoms with Crippen molar-refractivity contribution in [3.63, 3.8) is 0 Å². The highest BCUT2D eigenvalue weighted by Crippen LogP contribution is 2.31. The number of rotatable bonds is 6. The van der Waals surface area contributed by atoms with Crippen molar-refractivity contribution in [3.8, 4) is 0 Å². The first-order valence-electron chi connectivity index (χ1n) is 8.81. The number of nitrogens with zero attached hydrogens (tertiary/aromatic N) is 2. The molecule has 1 N–H and O–H groups in total. The summed E-state index contributed by atoms with van der Waals surface area (Å²) in [6.45, 7) is 8.18. The van der Waals surface area contributed by atoms with Crippen molar-refractivity contribution in [1.29, 1.82) is 0 Å². The molecular formula is C19H25ClF3N3S. The van der Waals surface area contributed by atoms with Crippen molar-refractivity contribution in [1.82, 2.24) is 15.2 Å². The summed E-state index contributed by atoms with van der Waals surface area (Å²) in [6.07, 6.45) is -3.15. The van der Waals surface area contributed by atoms with E-state index in [0.717, 1.165) is 43.9 Å². The Hall–Kier alpha value is -1.15. The number of hydrogen-bond donors (Lipinski definition) is 1. The molecule has 0 bridgehead atoms. The van der Waals surface area contributed by atoms with Crippen LogP contribution in [0, 0.1) is 19.8 Å². The molecule has 3 rings (SSSR count). The van der Waals surface area contributed by atoms with Crippen LogP contribution >= 0.6 is 23.7 Å². The number of aromatic nitrogens is 1. The zero-order valence-corrected chi connectivity index (χ0v) is 17.1. The van der Waals surface area contributed by atoms with Crippen LogP contribution in [-0.4, -0.2) is 29.5 Å². The molecule has 0 aliphatic carbocycles. The van der Waals surface area contributed by atoms with Gasteiger partial charge in [-0.25, -0.2) is 4.98 Å². The maximum atomic E-state index is 12.9. The fourth-order valence-corrected chi connectivity index (χ4v) is 4.21. The number of alkyl halides is 3. The summed E-state index contributed by atoms with van der Waals surface area (Å²) in [6, 6.07) is 4.07. The molecule has 1 fully saturated rings. The summed E-state index contributed by atoms with van der Waals surface area (Å²) in [7, 11) is 0. The van der Waals surface area contributed by atoms with Crippen molar-refractivity contribution in [2.45, 2.75) is 39.5 Å². The van der Waals surface area contributed by atoms with Crippen molar-refractivity contribution in [2.24, 2.45) is 5.92 Å². The van der Waals surface area contributed by atoms with Crippen molar-refractivity contribution in [3.05, 3.63) is 51.0 Å². The van der Waals surface area contributed by atoms with Gasteiger partial charge in [-0.3, -0.25) is 4.90 Å². The normalized spacial score (nSPS) is 17.3. The third-order valence-corrected chi connectivity index (χ3v) is 5.87. The van der Waals surface area contributed by atoms with E-state index in [1.54, 1.807) is 24.3 Å². The van der Waals surface area contributed by atoms with Gasteiger partial charge in [-0.05, 0) is 62.5 Å². The number of halogens is 4. The van der Waals surface area contributed by atoms with Gasteiger partial charge in [0.2, 0.25) is 0 Å². The fraction of sp³-hybridized carbons (Fsp3) is 0.526. The molecule has 0 spiro atoms. The molecule has 1 atom stereocenters. The van der Waals surface area contributed by atoms with Gasteiger partial charge < -0.3 is 5.32 Å². The van der Waals surface area contributed by atoms with Crippen LogP contribution in [0.1, 0.15) is 33.7 Å². The highest BCUT2D eigenvalue weighted by atomic mass is 35.5. The Morgan fingerprint density at radius 2 is 2.04 bits per heavy atom. The van der Waals surface area contributed by atoms with Crippen molar-refractivity contribution < 1.29 is 13.2 Å². The predicted molar refractivity (Wildman–Crippen MR) is 105 cm³/mol. The Kier molecular flexibility index (Phi) is 7.68. The number of benzene rings is 1. The standard InChI is InChI=1S/C19H24F3N3S.ClH/c1-13-7-17(19(20,21)22)4-3-16(13)10-25(9-15-5-6-23-8-15)11-18-14(2)24-12-26-18;/h3-4,7,12,15,23H,5-6,8-11H2,1-2H3;1H. The number of hydrogen-bond acceptors (Lipinski definition) is 4. The highest BCUT2D eigenvalue weighted by molar-refractivity contribution is 7.09. The van der Waals surface area contributed by atoms with E-state index in [2.05, 4.69) is 15.2 Å². The quantitative estimate of drug-likeness (QED) is 0.728. The van der Waals surface area contributed by atoms with Gasteiger partial charge >= 0.3 is 6.18 Å². The Labute approximate surface area is 168 Å². The Balaban J connectivity index is 0.00000261. The monoisotopic (exact) mass is 419 g/mol. The van der Waals surface area contributed by atoms with Gasteiger partial charge in [-0.15, -0.1) is 23.7 Å². The average Bonchev–Trinajstić information content (AvgIpc) is 3.21. The number of aryl methyl sites for hydroxylation is 2. The lowest BCUT2D eigenvalue weighted by Gasteiger charge is -2.26. The molecular weight excluding hydrogens is 395 g/mol. The zero-order valence-electron chi connectivity index (χ0n) is 15.5. The predicted octanol–water partition coefficient (Wildman–Crippen LogP) is 4.81. The first kappa shape index (κ1) is 22.1. The molecule has 1 unspecified atom stereocenters. The molecule has 3 nitrogen and oxygen atoms in total. The van der Waals surface area contributed by atoms with Gasteiger partial charge in [-0.1, -0.05) is 6.07 Å². The van der Waals surface area contributed by atoms with E-state index in [1.165, 1.54) is 17.0 Å². The van der Waals surface area contributed by atoms with Crippen LogP contribution in [0.25, 0.3) is 0 Å². The highest BCUT2D eigenvalue weighted by Gasteiger charge is 2.30. The summed E-state index contributed by atoms with van der Waals surface area (Å²) in [5.41, 5.74) is 3.95. The van der Waals surface area contributed by atoms with Gasteiger partial charge in [0.25, 0.3) is 0 Å². The lowest BCUT2D eigenvalue weighted by Crippen LogP contribution is -2.30. The van der Waals surface area contributed by atoms with E-state index in [4.69, 9.17) is 0 Å². The summed E-state index contributed by atoms with van der Waals surface area (Å²) in [5.74, 6) is 0.581. The van der Waals surface area contributed by atoms with E-state index < -0.39 is 11.7 Å². The van der Waals surface area contributed by atoms with E-state index in [-0.39, 0.29) is 12.4 Å². The van der Waals surface area contributed by atoms with Gasteiger partial charge in [0.1, 0.15) is 0 Å². The Bertz CT molecular complexity index is 742. The zero-order chi connectivity index (χ0) is 18.7. The van der Waals surface area contributed by atoms with Crippen LogP contribution in [-0.2, 0) is 19.3 Å². The minimum Gasteiger partial charge on any atom is -0.316 e. The van der Waals surface area contributed by atoms with Gasteiger partial charge in [0.15, 0.2) is 0 Å². The molecule has 0 saturated carbocycles. The average molecular weight is 420 g/mol. The SMILES string of the molecule is Cc1cc(C(F)(F)F)ccc1CN(Cc1scnc1C)CC1CCNC1.Cl. The maximum absolute atomic E-state index is 12.9. The molecule has 2 aromatic rings. The van der Waals surface area contributed by atoms with Crippen LogP contribution in [0.4, 0.5) is 13.2 Å². The van der Waals surface area contributed by atoms with E-state index >= 15 is 0 Å². The molecule has 150 valence electrons. The molecule has 2 heterocycles. The van der Waals surface area contributed by atoms with Crippen LogP contribution in [0.5, 0.6) is 0 Å². The molecule has 27 heavy (non-hydrogen) atoms. The molecule has 1 saturated heterocycles. The Morgan fingerprint density at radius 3 is 2.59 bits per heavy atom. The van der Waals surface area contributed by atoms with E-state index in [1.807, 2.05) is 12.4 Å². The smallest absolute Gasteiger partial charge is 0.316 e. The fourth-order valence-electron chi connectivity index (χ4n) is 3.39. The van der Waals surface area contributed by atoms with Gasteiger partial charge in [0.05, 0.1) is 16.8 Å². The van der Waals surface area contributed by atoms with Crippen molar-refractivity contribution in [2.75, 3.05) is 19.6 Å². The molecule has 1 aliphatic heterocycles. The lowest BCUT2D eigenvalue weighted by molar-refractivity contribution is -0.137. The van der Waals surface area contributed by atoms with Crippen LogP contribution in [0.2, 0.25) is 0 Å². The molecule has 1 aromatic heterocycles.